The molecule has 0 atom stereocenters. The number of nitrogens with one attached hydrogen (secondary N) is 1. The van der Waals surface area contributed by atoms with Gasteiger partial charge in [-0.3, -0.25) is 4.79 Å². The standard InChI is InChI=1S/C22H28N2O4/c1-15(2)13-27-20-9-7-18(11-21(20)26-5)12-23-28-14-22(25)24-19-8-6-16(3)17(4)10-19/h6-12,15H,13-14H2,1-5H3,(H,24,25)/b23-12-. The molecule has 6 heteroatoms. The maximum Gasteiger partial charge on any atom is 0.265 e. The summed E-state index contributed by atoms with van der Waals surface area (Å²) in [6, 6.07) is 11.2. The molecular formula is C22H28N2O4. The number of benzene rings is 2. The first kappa shape index (κ1) is 21.3. The van der Waals surface area contributed by atoms with Gasteiger partial charge in [0.15, 0.2) is 18.1 Å². The van der Waals surface area contributed by atoms with Gasteiger partial charge in [-0.15, -0.1) is 0 Å². The van der Waals surface area contributed by atoms with Gasteiger partial charge in [0.25, 0.3) is 5.91 Å². The Labute approximate surface area is 166 Å². The summed E-state index contributed by atoms with van der Waals surface area (Å²) in [6.45, 7) is 8.64. The van der Waals surface area contributed by atoms with E-state index in [4.69, 9.17) is 14.3 Å². The Morgan fingerprint density at radius 3 is 2.57 bits per heavy atom. The predicted octanol–water partition coefficient (Wildman–Crippen LogP) is 4.34. The van der Waals surface area contributed by atoms with E-state index in [0.29, 0.717) is 24.0 Å². The number of aryl methyl sites for hydroxylation is 2. The lowest BCUT2D eigenvalue weighted by Gasteiger charge is -2.12. The number of hydrogen-bond acceptors (Lipinski definition) is 5. The molecule has 0 aliphatic heterocycles. The van der Waals surface area contributed by atoms with Gasteiger partial charge < -0.3 is 19.6 Å². The number of nitrogens with zero attached hydrogens (tertiary/aromatic N) is 1. The summed E-state index contributed by atoms with van der Waals surface area (Å²) < 4.78 is 11.1. The molecule has 0 unspecified atom stereocenters. The second-order valence-electron chi connectivity index (χ2n) is 6.97. The van der Waals surface area contributed by atoms with Gasteiger partial charge in [0.2, 0.25) is 0 Å². The van der Waals surface area contributed by atoms with E-state index in [-0.39, 0.29) is 12.5 Å². The Kier molecular flexibility index (Phi) is 7.87. The minimum atomic E-state index is -0.268. The molecule has 2 aromatic rings. The van der Waals surface area contributed by atoms with Crippen molar-refractivity contribution < 1.29 is 19.1 Å². The Balaban J connectivity index is 1.86. The van der Waals surface area contributed by atoms with Gasteiger partial charge in [0, 0.05) is 11.3 Å². The van der Waals surface area contributed by atoms with Crippen LogP contribution in [0.25, 0.3) is 0 Å². The first-order valence-corrected chi connectivity index (χ1v) is 9.22. The molecule has 0 fully saturated rings. The number of hydrogen-bond donors (Lipinski definition) is 1. The highest BCUT2D eigenvalue weighted by atomic mass is 16.6. The molecule has 6 nitrogen and oxygen atoms in total. The zero-order valence-corrected chi connectivity index (χ0v) is 17.1. The summed E-state index contributed by atoms with van der Waals surface area (Å²) in [5.74, 6) is 1.46. The molecule has 1 N–H and O–H groups in total. The number of carbonyl (C=O) groups is 1. The second-order valence-corrected chi connectivity index (χ2v) is 6.97. The Morgan fingerprint density at radius 2 is 1.89 bits per heavy atom. The van der Waals surface area contributed by atoms with Gasteiger partial charge in [-0.2, -0.15) is 0 Å². The molecule has 1 amide bonds. The first-order chi connectivity index (χ1) is 13.4. The molecule has 2 rings (SSSR count). The second kappa shape index (κ2) is 10.3. The number of oxime groups is 1. The quantitative estimate of drug-likeness (QED) is 0.516. The van der Waals surface area contributed by atoms with Crippen molar-refractivity contribution in [2.45, 2.75) is 27.7 Å². The summed E-state index contributed by atoms with van der Waals surface area (Å²) in [7, 11) is 1.59. The average molecular weight is 384 g/mol. The molecule has 0 heterocycles. The number of ether oxygens (including phenoxy) is 2. The van der Waals surface area contributed by atoms with E-state index in [2.05, 4.69) is 24.3 Å². The van der Waals surface area contributed by atoms with Crippen LogP contribution in [0.15, 0.2) is 41.6 Å². The van der Waals surface area contributed by atoms with Crippen LogP contribution in [0.3, 0.4) is 0 Å². The van der Waals surface area contributed by atoms with Crippen LogP contribution in [-0.4, -0.2) is 32.4 Å². The van der Waals surface area contributed by atoms with Crippen LogP contribution >= 0.6 is 0 Å². The third kappa shape index (κ3) is 6.61. The maximum atomic E-state index is 11.9. The highest BCUT2D eigenvalue weighted by Gasteiger charge is 2.07. The van der Waals surface area contributed by atoms with E-state index < -0.39 is 0 Å². The lowest BCUT2D eigenvalue weighted by atomic mass is 10.1. The number of carbonyl (C=O) groups excluding carboxylic acids is 1. The fraction of sp³-hybridized carbons (Fsp3) is 0.364. The zero-order chi connectivity index (χ0) is 20.5. The molecule has 28 heavy (non-hydrogen) atoms. The van der Waals surface area contributed by atoms with Crippen LogP contribution in [0.2, 0.25) is 0 Å². The van der Waals surface area contributed by atoms with Gasteiger partial charge in [0.1, 0.15) is 0 Å². The fourth-order valence-corrected chi connectivity index (χ4v) is 2.35. The van der Waals surface area contributed by atoms with Crippen LogP contribution < -0.4 is 14.8 Å². The van der Waals surface area contributed by atoms with Crippen LogP contribution in [0.1, 0.15) is 30.5 Å². The summed E-state index contributed by atoms with van der Waals surface area (Å²) in [5.41, 5.74) is 3.81. The van der Waals surface area contributed by atoms with E-state index in [1.165, 1.54) is 11.8 Å². The molecule has 0 saturated heterocycles. The number of methoxy groups -OCH3 is 1. The molecule has 0 aliphatic rings. The van der Waals surface area contributed by atoms with Crippen LogP contribution in [0.4, 0.5) is 5.69 Å². The van der Waals surface area contributed by atoms with Gasteiger partial charge in [0.05, 0.1) is 19.9 Å². The van der Waals surface area contributed by atoms with E-state index in [9.17, 15) is 4.79 Å². The van der Waals surface area contributed by atoms with E-state index >= 15 is 0 Å². The van der Waals surface area contributed by atoms with Crippen molar-refractivity contribution in [2.24, 2.45) is 11.1 Å². The topological polar surface area (TPSA) is 69.2 Å². The maximum absolute atomic E-state index is 11.9. The van der Waals surface area contributed by atoms with Gasteiger partial charge >= 0.3 is 0 Å². The van der Waals surface area contributed by atoms with E-state index in [1.54, 1.807) is 13.2 Å². The summed E-state index contributed by atoms with van der Waals surface area (Å²) in [4.78, 5) is 17.0. The average Bonchev–Trinajstić information content (AvgIpc) is 2.66. The number of anilines is 1. The summed E-state index contributed by atoms with van der Waals surface area (Å²) in [6.07, 6.45) is 1.53. The Bertz CT molecular complexity index is 831. The molecule has 0 aromatic heterocycles. The molecule has 0 saturated carbocycles. The normalized spacial score (nSPS) is 10.9. The van der Waals surface area contributed by atoms with Crippen molar-refractivity contribution in [2.75, 3.05) is 25.6 Å². The highest BCUT2D eigenvalue weighted by Crippen LogP contribution is 2.28. The van der Waals surface area contributed by atoms with Crippen molar-refractivity contribution in [1.82, 2.24) is 0 Å². The summed E-state index contributed by atoms with van der Waals surface area (Å²) >= 11 is 0. The minimum Gasteiger partial charge on any atom is -0.493 e. The molecule has 0 spiro atoms. The van der Waals surface area contributed by atoms with Crippen LogP contribution in [0, 0.1) is 19.8 Å². The largest absolute Gasteiger partial charge is 0.493 e. The van der Waals surface area contributed by atoms with Crippen molar-refractivity contribution in [3.8, 4) is 11.5 Å². The van der Waals surface area contributed by atoms with Gasteiger partial charge in [-0.25, -0.2) is 0 Å². The third-order valence-corrected chi connectivity index (χ3v) is 4.02. The van der Waals surface area contributed by atoms with Crippen molar-refractivity contribution in [3.05, 3.63) is 53.1 Å². The predicted molar refractivity (Wildman–Crippen MR) is 111 cm³/mol. The SMILES string of the molecule is COc1cc(/C=N\OCC(=O)Nc2ccc(C)c(C)c2)ccc1OCC(C)C. The van der Waals surface area contributed by atoms with Crippen molar-refractivity contribution in [3.63, 3.8) is 0 Å². The minimum absolute atomic E-state index is 0.170. The molecule has 0 bridgehead atoms. The highest BCUT2D eigenvalue weighted by molar-refractivity contribution is 5.91. The summed E-state index contributed by atoms with van der Waals surface area (Å²) in [5, 5.41) is 6.64. The molecule has 2 aromatic carbocycles. The fourth-order valence-electron chi connectivity index (χ4n) is 2.35. The van der Waals surface area contributed by atoms with Gasteiger partial charge in [-0.05, 0) is 61.2 Å². The molecular weight excluding hydrogens is 356 g/mol. The zero-order valence-electron chi connectivity index (χ0n) is 17.1. The third-order valence-electron chi connectivity index (χ3n) is 4.02. The monoisotopic (exact) mass is 384 g/mol. The van der Waals surface area contributed by atoms with E-state index in [0.717, 1.165) is 16.8 Å². The van der Waals surface area contributed by atoms with Gasteiger partial charge in [-0.1, -0.05) is 25.1 Å². The van der Waals surface area contributed by atoms with Crippen molar-refractivity contribution >= 4 is 17.8 Å². The molecule has 150 valence electrons. The molecule has 0 radical (unpaired) electrons. The Hall–Kier alpha value is -3.02. The van der Waals surface area contributed by atoms with Crippen LogP contribution in [0.5, 0.6) is 11.5 Å². The first-order valence-electron chi connectivity index (χ1n) is 9.22. The smallest absolute Gasteiger partial charge is 0.265 e. The lowest BCUT2D eigenvalue weighted by molar-refractivity contribution is -0.120. The van der Waals surface area contributed by atoms with E-state index in [1.807, 2.05) is 44.2 Å². The van der Waals surface area contributed by atoms with Crippen LogP contribution in [-0.2, 0) is 9.63 Å². The Morgan fingerprint density at radius 1 is 1.11 bits per heavy atom. The number of amides is 1. The van der Waals surface area contributed by atoms with Crippen molar-refractivity contribution in [1.29, 1.82) is 0 Å². The lowest BCUT2D eigenvalue weighted by Crippen LogP contribution is -2.17. The number of rotatable bonds is 9. The molecule has 0 aliphatic carbocycles.